The first-order valence-corrected chi connectivity index (χ1v) is 8.96. The third-order valence-electron chi connectivity index (χ3n) is 3.77. The Labute approximate surface area is 171 Å². The van der Waals surface area contributed by atoms with E-state index in [1.54, 1.807) is 30.3 Å². The van der Waals surface area contributed by atoms with Crippen LogP contribution >= 0.6 is 11.6 Å². The summed E-state index contributed by atoms with van der Waals surface area (Å²) in [4.78, 5) is 36.7. The van der Waals surface area contributed by atoms with E-state index in [9.17, 15) is 14.4 Å². The summed E-state index contributed by atoms with van der Waals surface area (Å²) >= 11 is 5.97. The van der Waals surface area contributed by atoms with Gasteiger partial charge in [-0.25, -0.2) is 0 Å². The van der Waals surface area contributed by atoms with Crippen LogP contribution in [-0.4, -0.2) is 37.8 Å². The van der Waals surface area contributed by atoms with Gasteiger partial charge in [0.25, 0.3) is 0 Å². The molecule has 2 amide bonds. The molecule has 0 spiro atoms. The van der Waals surface area contributed by atoms with Crippen LogP contribution in [0.4, 0.5) is 11.4 Å². The standard InChI is InChI=1S/C19H17ClN6O3/c1-11(27)21-15-6-7-16(17(9-15)22-12(2)28)18(29)10-26-24-19(23-25-26)13-4-3-5-14(20)8-13/h3-9H,10H2,1-2H3,(H,21,27)(H,22,28). The summed E-state index contributed by atoms with van der Waals surface area (Å²) in [7, 11) is 0. The van der Waals surface area contributed by atoms with Crippen molar-refractivity contribution in [2.45, 2.75) is 20.4 Å². The fourth-order valence-corrected chi connectivity index (χ4v) is 2.82. The van der Waals surface area contributed by atoms with Crippen molar-refractivity contribution in [1.82, 2.24) is 20.2 Å². The van der Waals surface area contributed by atoms with E-state index in [2.05, 4.69) is 26.0 Å². The zero-order valence-corrected chi connectivity index (χ0v) is 16.4. The van der Waals surface area contributed by atoms with Gasteiger partial charge in [0, 0.05) is 35.7 Å². The Morgan fingerprint density at radius 2 is 1.79 bits per heavy atom. The van der Waals surface area contributed by atoms with Crippen molar-refractivity contribution in [3.8, 4) is 11.4 Å². The molecule has 0 fully saturated rings. The molecule has 0 aliphatic carbocycles. The van der Waals surface area contributed by atoms with E-state index in [0.29, 0.717) is 22.1 Å². The molecular formula is C19H17ClN6O3. The number of nitrogens with one attached hydrogen (secondary N) is 2. The van der Waals surface area contributed by atoms with E-state index in [4.69, 9.17) is 11.6 Å². The van der Waals surface area contributed by atoms with Crippen LogP contribution in [0, 0.1) is 0 Å². The van der Waals surface area contributed by atoms with Crippen LogP contribution in [0.5, 0.6) is 0 Å². The molecule has 1 aromatic heterocycles. The van der Waals surface area contributed by atoms with Gasteiger partial charge < -0.3 is 10.6 Å². The minimum Gasteiger partial charge on any atom is -0.326 e. The minimum absolute atomic E-state index is 0.181. The zero-order chi connectivity index (χ0) is 21.0. The Kier molecular flexibility index (Phi) is 5.99. The van der Waals surface area contributed by atoms with Crippen molar-refractivity contribution < 1.29 is 14.4 Å². The second-order valence-electron chi connectivity index (χ2n) is 6.20. The van der Waals surface area contributed by atoms with E-state index in [0.717, 1.165) is 4.80 Å². The van der Waals surface area contributed by atoms with Crippen molar-refractivity contribution >= 4 is 40.6 Å². The Morgan fingerprint density at radius 1 is 1.03 bits per heavy atom. The highest BCUT2D eigenvalue weighted by molar-refractivity contribution is 6.30. The second-order valence-corrected chi connectivity index (χ2v) is 6.64. The number of nitrogens with zero attached hydrogens (tertiary/aromatic N) is 4. The molecule has 0 saturated carbocycles. The maximum absolute atomic E-state index is 12.8. The minimum atomic E-state index is -0.346. The number of anilines is 2. The lowest BCUT2D eigenvalue weighted by atomic mass is 10.1. The molecule has 0 radical (unpaired) electrons. The molecule has 29 heavy (non-hydrogen) atoms. The first-order chi connectivity index (χ1) is 13.8. The number of rotatable bonds is 6. The smallest absolute Gasteiger partial charge is 0.221 e. The summed E-state index contributed by atoms with van der Waals surface area (Å²) in [6.07, 6.45) is 0. The van der Waals surface area contributed by atoms with Gasteiger partial charge in [0.2, 0.25) is 17.6 Å². The predicted octanol–water partition coefficient (Wildman–Crippen LogP) is 2.79. The second kappa shape index (κ2) is 8.61. The third kappa shape index (κ3) is 5.23. The Balaban J connectivity index is 1.83. The van der Waals surface area contributed by atoms with E-state index < -0.39 is 0 Å². The summed E-state index contributed by atoms with van der Waals surface area (Å²) in [6.45, 7) is 2.51. The van der Waals surface area contributed by atoms with Crippen molar-refractivity contribution in [3.05, 3.63) is 53.1 Å². The Morgan fingerprint density at radius 3 is 2.48 bits per heavy atom. The van der Waals surface area contributed by atoms with Gasteiger partial charge in [-0.15, -0.1) is 10.2 Å². The van der Waals surface area contributed by atoms with Gasteiger partial charge in [-0.05, 0) is 35.5 Å². The third-order valence-corrected chi connectivity index (χ3v) is 4.01. The van der Waals surface area contributed by atoms with Crippen LogP contribution in [0.2, 0.25) is 5.02 Å². The van der Waals surface area contributed by atoms with Crippen LogP contribution in [0.15, 0.2) is 42.5 Å². The van der Waals surface area contributed by atoms with Gasteiger partial charge in [0.05, 0.1) is 5.69 Å². The number of carbonyl (C=O) groups excluding carboxylic acids is 3. The number of halogens is 1. The quantitative estimate of drug-likeness (QED) is 0.601. The molecule has 9 nitrogen and oxygen atoms in total. The van der Waals surface area contributed by atoms with E-state index in [1.165, 1.54) is 26.0 Å². The number of amides is 2. The lowest BCUT2D eigenvalue weighted by molar-refractivity contribution is -0.115. The lowest BCUT2D eigenvalue weighted by Crippen LogP contribution is -2.17. The van der Waals surface area contributed by atoms with Crippen LogP contribution in [-0.2, 0) is 16.1 Å². The van der Waals surface area contributed by atoms with Crippen molar-refractivity contribution in [2.24, 2.45) is 0 Å². The summed E-state index contributed by atoms with van der Waals surface area (Å²) in [6, 6.07) is 11.6. The van der Waals surface area contributed by atoms with Gasteiger partial charge in [-0.2, -0.15) is 4.80 Å². The van der Waals surface area contributed by atoms with E-state index in [-0.39, 0.29) is 35.4 Å². The summed E-state index contributed by atoms with van der Waals surface area (Å²) in [5.74, 6) is -0.610. The molecule has 10 heteroatoms. The monoisotopic (exact) mass is 412 g/mol. The predicted molar refractivity (Wildman–Crippen MR) is 108 cm³/mol. The summed E-state index contributed by atoms with van der Waals surface area (Å²) in [5, 5.41) is 17.8. The van der Waals surface area contributed by atoms with Crippen LogP contribution in [0.1, 0.15) is 24.2 Å². The topological polar surface area (TPSA) is 119 Å². The average molecular weight is 413 g/mol. The number of Topliss-reactive ketones (excluding diaryl/α,β-unsaturated/α-hetero) is 1. The van der Waals surface area contributed by atoms with Gasteiger partial charge in [-0.3, -0.25) is 14.4 Å². The molecule has 2 N–H and O–H groups in total. The lowest BCUT2D eigenvalue weighted by Gasteiger charge is -2.11. The maximum atomic E-state index is 12.8. The molecule has 1 heterocycles. The van der Waals surface area contributed by atoms with Gasteiger partial charge >= 0.3 is 0 Å². The molecule has 148 valence electrons. The number of benzene rings is 2. The number of tetrazole rings is 1. The van der Waals surface area contributed by atoms with Gasteiger partial charge in [0.15, 0.2) is 5.78 Å². The fraction of sp³-hybridized carbons (Fsp3) is 0.158. The van der Waals surface area contributed by atoms with Crippen LogP contribution in [0.3, 0.4) is 0 Å². The molecule has 0 aliphatic heterocycles. The number of ketones is 1. The van der Waals surface area contributed by atoms with Crippen LogP contribution < -0.4 is 10.6 Å². The molecule has 0 saturated heterocycles. The van der Waals surface area contributed by atoms with Crippen molar-refractivity contribution in [3.63, 3.8) is 0 Å². The van der Waals surface area contributed by atoms with Crippen molar-refractivity contribution in [1.29, 1.82) is 0 Å². The Bertz CT molecular complexity index is 1100. The SMILES string of the molecule is CC(=O)Nc1ccc(C(=O)Cn2nnc(-c3cccc(Cl)c3)n2)c(NC(C)=O)c1. The summed E-state index contributed by atoms with van der Waals surface area (Å²) < 4.78 is 0. The first kappa shape index (κ1) is 20.2. The van der Waals surface area contributed by atoms with E-state index >= 15 is 0 Å². The number of hydrogen-bond acceptors (Lipinski definition) is 6. The molecule has 0 atom stereocenters. The molecule has 0 unspecified atom stereocenters. The highest BCUT2D eigenvalue weighted by Crippen LogP contribution is 2.23. The first-order valence-electron chi connectivity index (χ1n) is 8.58. The molecule has 3 aromatic rings. The largest absolute Gasteiger partial charge is 0.326 e. The zero-order valence-electron chi connectivity index (χ0n) is 15.6. The number of hydrogen-bond donors (Lipinski definition) is 2. The van der Waals surface area contributed by atoms with E-state index in [1.807, 2.05) is 0 Å². The molecule has 3 rings (SSSR count). The molecule has 0 bridgehead atoms. The highest BCUT2D eigenvalue weighted by Gasteiger charge is 2.16. The Hall–Kier alpha value is -3.59. The van der Waals surface area contributed by atoms with Gasteiger partial charge in [-0.1, -0.05) is 23.7 Å². The maximum Gasteiger partial charge on any atom is 0.221 e. The molecule has 0 aliphatic rings. The van der Waals surface area contributed by atoms with Gasteiger partial charge in [0.1, 0.15) is 6.54 Å². The number of carbonyl (C=O) groups is 3. The van der Waals surface area contributed by atoms with Crippen LogP contribution in [0.25, 0.3) is 11.4 Å². The van der Waals surface area contributed by atoms with Crippen molar-refractivity contribution in [2.75, 3.05) is 10.6 Å². The highest BCUT2D eigenvalue weighted by atomic mass is 35.5. The molecule has 2 aromatic carbocycles. The molecular weight excluding hydrogens is 396 g/mol. The fourth-order valence-electron chi connectivity index (χ4n) is 2.63. The average Bonchev–Trinajstić information content (AvgIpc) is 3.09. The normalized spacial score (nSPS) is 10.4. The number of aromatic nitrogens is 4. The summed E-state index contributed by atoms with van der Waals surface area (Å²) in [5.41, 5.74) is 1.68.